The Labute approximate surface area is 193 Å². The van der Waals surface area contributed by atoms with Crippen molar-refractivity contribution in [2.75, 3.05) is 6.61 Å². The number of rotatable bonds is 2. The molecule has 1 aliphatic heterocycles. The van der Waals surface area contributed by atoms with Crippen molar-refractivity contribution in [1.29, 1.82) is 0 Å². The average molecular weight is 507 g/mol. The van der Waals surface area contributed by atoms with E-state index in [2.05, 4.69) is 10.6 Å². The number of aliphatic hydroxyl groups excluding tert-OH is 2. The Morgan fingerprint density at radius 3 is 2.39 bits per heavy atom. The van der Waals surface area contributed by atoms with Gasteiger partial charge in [0.25, 0.3) is 0 Å². The number of aliphatic hydroxyl groups is 2. The van der Waals surface area contributed by atoms with Gasteiger partial charge in [0.05, 0.1) is 6.10 Å². The van der Waals surface area contributed by atoms with Gasteiger partial charge >= 0.3 is 20.8 Å². The van der Waals surface area contributed by atoms with Gasteiger partial charge in [0, 0.05) is 17.8 Å². The van der Waals surface area contributed by atoms with Crippen molar-refractivity contribution < 1.29 is 43.8 Å². The third-order valence-electron chi connectivity index (χ3n) is 9.42. The summed E-state index contributed by atoms with van der Waals surface area (Å²) >= 11 is 0. The van der Waals surface area contributed by atoms with Crippen molar-refractivity contribution in [1.82, 2.24) is 0 Å². The Morgan fingerprint density at radius 1 is 1.09 bits per heavy atom. The summed E-state index contributed by atoms with van der Waals surface area (Å²) in [4.78, 5) is 12.5. The molecule has 10 nitrogen and oxygen atoms in total. The fourth-order valence-electron chi connectivity index (χ4n) is 8.09. The second kappa shape index (κ2) is 7.31. The van der Waals surface area contributed by atoms with E-state index in [1.807, 2.05) is 6.08 Å². The Bertz CT molecular complexity index is 1080. The van der Waals surface area contributed by atoms with Crippen LogP contribution in [0.25, 0.3) is 0 Å². The van der Waals surface area contributed by atoms with E-state index >= 15 is 0 Å². The van der Waals surface area contributed by atoms with Gasteiger partial charge in [-0.3, -0.25) is 4.79 Å². The lowest BCUT2D eigenvalue weighted by Crippen LogP contribution is -2.66. The van der Waals surface area contributed by atoms with Crippen molar-refractivity contribution in [2.45, 2.75) is 70.7 Å². The molecule has 5 aliphatic rings. The normalized spacial score (nSPS) is 47.2. The van der Waals surface area contributed by atoms with Gasteiger partial charge in [-0.25, -0.2) is 8.37 Å². The van der Waals surface area contributed by atoms with Crippen molar-refractivity contribution in [3.63, 3.8) is 0 Å². The monoisotopic (exact) mass is 506 g/mol. The first-order chi connectivity index (χ1) is 15.3. The molecule has 1 spiro atoms. The van der Waals surface area contributed by atoms with Gasteiger partial charge in [-0.05, 0) is 61.7 Å². The first-order valence-electron chi connectivity index (χ1n) is 11.4. The smallest absolute Gasteiger partial charge is 0.393 e. The molecule has 0 aromatic rings. The Kier molecular flexibility index (Phi) is 5.28. The molecule has 3 unspecified atom stereocenters. The summed E-state index contributed by atoms with van der Waals surface area (Å²) in [6, 6.07) is 0. The Hall–Kier alpha value is -0.890. The molecule has 2 N–H and O–H groups in total. The third kappa shape index (κ3) is 3.32. The van der Waals surface area contributed by atoms with Gasteiger partial charge in [0.1, 0.15) is 6.61 Å². The van der Waals surface area contributed by atoms with E-state index in [0.717, 1.165) is 12.0 Å². The van der Waals surface area contributed by atoms with Crippen LogP contribution in [-0.4, -0.2) is 51.3 Å². The number of carbonyl (C=O) groups excluding carboxylic acids is 1. The standard InChI is InChI=1S/C21H30O10S2/c1-19-8-7-16-14(15(19)5-6-17(19)18(24)11-22)4-3-12-9-13(23)10-21(20(12,16)2)29-32(25,26)31-33(27,28)30-21/h3,13-17,22-23H,4-11H2,1-2H3/t13-,14?,15?,16?,17+,19-,20-/m0/s1. The highest BCUT2D eigenvalue weighted by Gasteiger charge is 2.70. The fourth-order valence-corrected chi connectivity index (χ4v) is 10.4. The second-order valence-corrected chi connectivity index (χ2v) is 13.2. The molecule has 0 aromatic carbocycles. The van der Waals surface area contributed by atoms with E-state index in [1.54, 1.807) is 6.92 Å². The van der Waals surface area contributed by atoms with Crippen LogP contribution in [0.15, 0.2) is 11.6 Å². The van der Waals surface area contributed by atoms with Crippen molar-refractivity contribution in [2.24, 2.45) is 34.5 Å². The summed E-state index contributed by atoms with van der Waals surface area (Å²) in [5, 5.41) is 20.0. The summed E-state index contributed by atoms with van der Waals surface area (Å²) in [6.07, 6.45) is 4.28. The highest BCUT2D eigenvalue weighted by Crippen LogP contribution is 2.69. The Balaban J connectivity index is 1.60. The average Bonchev–Trinajstić information content (AvgIpc) is 3.03. The summed E-state index contributed by atoms with van der Waals surface area (Å²) in [5.41, 5.74) is -0.710. The third-order valence-corrected chi connectivity index (χ3v) is 11.7. The number of fused-ring (bicyclic) bond motifs is 6. The molecule has 0 amide bonds. The molecule has 186 valence electrons. The zero-order valence-electron chi connectivity index (χ0n) is 18.6. The predicted molar refractivity (Wildman–Crippen MR) is 113 cm³/mol. The lowest BCUT2D eigenvalue weighted by Gasteiger charge is -2.62. The maximum Gasteiger partial charge on any atom is 0.419 e. The molecule has 0 bridgehead atoms. The van der Waals surface area contributed by atoms with Crippen molar-refractivity contribution in [3.8, 4) is 0 Å². The lowest BCUT2D eigenvalue weighted by atomic mass is 9.46. The number of hydrogen-bond donors (Lipinski definition) is 2. The molecular weight excluding hydrogens is 476 g/mol. The number of allylic oxidation sites excluding steroid dienone is 1. The van der Waals surface area contributed by atoms with Gasteiger partial charge < -0.3 is 10.2 Å². The molecule has 7 atom stereocenters. The molecule has 12 heteroatoms. The fraction of sp³-hybridized carbons (Fsp3) is 0.857. The molecule has 1 heterocycles. The van der Waals surface area contributed by atoms with Crippen LogP contribution in [0.1, 0.15) is 58.8 Å². The van der Waals surface area contributed by atoms with Crippen molar-refractivity contribution in [3.05, 3.63) is 11.6 Å². The molecule has 0 aromatic heterocycles. The molecule has 33 heavy (non-hydrogen) atoms. The minimum Gasteiger partial charge on any atom is -0.393 e. The van der Waals surface area contributed by atoms with Crippen LogP contribution in [0.5, 0.6) is 0 Å². The summed E-state index contributed by atoms with van der Waals surface area (Å²) in [7, 11) is -9.85. The van der Waals surface area contributed by atoms with Gasteiger partial charge in [-0.15, -0.1) is 3.63 Å². The summed E-state index contributed by atoms with van der Waals surface area (Å²) in [5.74, 6) is -2.53. The van der Waals surface area contributed by atoms with E-state index in [0.29, 0.717) is 25.7 Å². The summed E-state index contributed by atoms with van der Waals surface area (Å²) < 4.78 is 64.0. The van der Waals surface area contributed by atoms with E-state index in [4.69, 9.17) is 8.37 Å². The SMILES string of the molecule is C[C@]12CCC3C(CC=C4C[C@H](O)CC5(OS(=O)(=O)OS(=O)(=O)O5)[C@@]43C)C1CC[C@@H]2C(=O)CO. The number of hydrogen-bond acceptors (Lipinski definition) is 10. The lowest BCUT2D eigenvalue weighted by molar-refractivity contribution is -0.255. The minimum atomic E-state index is -4.93. The van der Waals surface area contributed by atoms with Gasteiger partial charge in [0.2, 0.25) is 5.79 Å². The molecule has 4 aliphatic carbocycles. The molecule has 4 fully saturated rings. The number of ketones is 1. The molecule has 0 radical (unpaired) electrons. The van der Waals surface area contributed by atoms with E-state index in [1.165, 1.54) is 0 Å². The topological polar surface area (TPSA) is 154 Å². The van der Waals surface area contributed by atoms with Crippen LogP contribution >= 0.6 is 0 Å². The number of Topliss-reactive ketones (excluding diaryl/α,β-unsaturated/α-hetero) is 1. The van der Waals surface area contributed by atoms with Crippen LogP contribution in [0.4, 0.5) is 0 Å². The molecular formula is C21H30O10S2. The highest BCUT2D eigenvalue weighted by atomic mass is 32.3. The quantitative estimate of drug-likeness (QED) is 0.525. The van der Waals surface area contributed by atoms with Gasteiger partial charge in [0.15, 0.2) is 5.78 Å². The van der Waals surface area contributed by atoms with Crippen LogP contribution < -0.4 is 0 Å². The largest absolute Gasteiger partial charge is 0.419 e. The summed E-state index contributed by atoms with van der Waals surface area (Å²) in [6.45, 7) is 3.38. The highest BCUT2D eigenvalue weighted by molar-refractivity contribution is 7.95. The maximum atomic E-state index is 12.5. The minimum absolute atomic E-state index is 0.0431. The zero-order valence-corrected chi connectivity index (χ0v) is 20.2. The maximum absolute atomic E-state index is 12.5. The van der Waals surface area contributed by atoms with Gasteiger partial charge in [-0.1, -0.05) is 25.5 Å². The first-order valence-corrected chi connectivity index (χ1v) is 14.1. The molecule has 5 rings (SSSR count). The van der Waals surface area contributed by atoms with E-state index in [-0.39, 0.29) is 47.7 Å². The van der Waals surface area contributed by atoms with Crippen LogP contribution in [-0.2, 0) is 37.6 Å². The molecule has 1 saturated heterocycles. The number of carbonyl (C=O) groups is 1. The van der Waals surface area contributed by atoms with Gasteiger partial charge in [-0.2, -0.15) is 16.8 Å². The second-order valence-electron chi connectivity index (χ2n) is 10.7. The van der Waals surface area contributed by atoms with E-state index in [9.17, 15) is 31.8 Å². The zero-order chi connectivity index (χ0) is 24.0. The van der Waals surface area contributed by atoms with Crippen LogP contribution in [0.2, 0.25) is 0 Å². The van der Waals surface area contributed by atoms with Crippen LogP contribution in [0, 0.1) is 34.5 Å². The molecule has 3 saturated carbocycles. The Morgan fingerprint density at radius 2 is 1.76 bits per heavy atom. The predicted octanol–water partition coefficient (Wildman–Crippen LogP) is 1.35. The van der Waals surface area contributed by atoms with Crippen LogP contribution in [0.3, 0.4) is 0 Å². The van der Waals surface area contributed by atoms with Crippen molar-refractivity contribution >= 4 is 26.6 Å². The van der Waals surface area contributed by atoms with E-state index < -0.39 is 44.7 Å². The first kappa shape index (κ1) is 23.8.